The first-order valence-corrected chi connectivity index (χ1v) is 9.88. The van der Waals surface area contributed by atoms with Gasteiger partial charge in [0.2, 0.25) is 0 Å². The van der Waals surface area contributed by atoms with Gasteiger partial charge >= 0.3 is 21.3 Å². The van der Waals surface area contributed by atoms with Gasteiger partial charge in [0.25, 0.3) is 0 Å². The topological polar surface area (TPSA) is 121 Å². The van der Waals surface area contributed by atoms with Crippen molar-refractivity contribution < 1.29 is 41.5 Å². The molecule has 3 saturated carbocycles. The van der Waals surface area contributed by atoms with Crippen LogP contribution in [0.5, 0.6) is 0 Å². The van der Waals surface area contributed by atoms with Gasteiger partial charge in [-0.2, -0.15) is 17.2 Å². The molecule has 0 spiro atoms. The van der Waals surface area contributed by atoms with Crippen molar-refractivity contribution in [3.63, 3.8) is 0 Å². The van der Waals surface area contributed by atoms with Crippen LogP contribution in [0.15, 0.2) is 0 Å². The smallest absolute Gasteiger partial charge is 0.460 e. The minimum absolute atomic E-state index is 0.0793. The first-order valence-electron chi connectivity index (χ1n) is 8.44. The zero-order valence-corrected chi connectivity index (χ0v) is 15.7. The third-order valence-electron chi connectivity index (χ3n) is 5.71. The fourth-order valence-electron chi connectivity index (χ4n) is 5.06. The van der Waals surface area contributed by atoms with Crippen LogP contribution in [0.2, 0.25) is 0 Å². The van der Waals surface area contributed by atoms with Crippen molar-refractivity contribution in [1.29, 1.82) is 0 Å². The highest BCUT2D eigenvalue weighted by Gasteiger charge is 2.56. The van der Waals surface area contributed by atoms with Crippen molar-refractivity contribution in [2.45, 2.75) is 51.2 Å². The number of fused-ring (bicyclic) bond motifs is 4. The number of rotatable bonds is 6. The standard InChI is InChI=1S/C16H26F2O7S/c1-13(8-19)3-11-4-15(5-11,9-20)7-14(2,6-13)10-25-12(21)16(17,18)26(22,23)24/h11,19-20H,3-10H2,1-2H3,(H,22,23,24). The van der Waals surface area contributed by atoms with Crippen LogP contribution in [0.25, 0.3) is 0 Å². The number of hydrogen-bond acceptors (Lipinski definition) is 6. The summed E-state index contributed by atoms with van der Waals surface area (Å²) >= 11 is 0. The first-order chi connectivity index (χ1) is 11.7. The monoisotopic (exact) mass is 400 g/mol. The summed E-state index contributed by atoms with van der Waals surface area (Å²) in [6.45, 7) is 2.86. The molecule has 0 amide bonds. The van der Waals surface area contributed by atoms with E-state index in [1.54, 1.807) is 6.92 Å². The van der Waals surface area contributed by atoms with E-state index in [-0.39, 0.29) is 18.6 Å². The number of aliphatic hydroxyl groups excluding tert-OH is 2. The van der Waals surface area contributed by atoms with Gasteiger partial charge in [0, 0.05) is 18.6 Å². The number of carbonyl (C=O) groups is 1. The average molecular weight is 400 g/mol. The summed E-state index contributed by atoms with van der Waals surface area (Å²) in [5, 5.41) is 14.5. The molecule has 7 nitrogen and oxygen atoms in total. The largest absolute Gasteiger partial charge is 0.465 e. The maximum absolute atomic E-state index is 13.4. The van der Waals surface area contributed by atoms with Crippen LogP contribution < -0.4 is 0 Å². The van der Waals surface area contributed by atoms with E-state index in [0.29, 0.717) is 25.2 Å². The van der Waals surface area contributed by atoms with Gasteiger partial charge in [-0.3, -0.25) is 4.55 Å². The number of carbonyl (C=O) groups excluding carboxylic acids is 1. The molecule has 10 heteroatoms. The highest BCUT2D eigenvalue weighted by Crippen LogP contribution is 2.60. The van der Waals surface area contributed by atoms with Crippen molar-refractivity contribution in [2.75, 3.05) is 19.8 Å². The van der Waals surface area contributed by atoms with Crippen LogP contribution in [-0.4, -0.2) is 54.2 Å². The number of esters is 1. The third-order valence-corrected chi connectivity index (χ3v) is 6.53. The van der Waals surface area contributed by atoms with Crippen molar-refractivity contribution in [3.8, 4) is 0 Å². The van der Waals surface area contributed by atoms with E-state index >= 15 is 0 Å². The normalized spacial score (nSPS) is 38.0. The summed E-state index contributed by atoms with van der Waals surface area (Å²) in [7, 11) is -5.92. The molecule has 152 valence electrons. The Balaban J connectivity index is 2.19. The van der Waals surface area contributed by atoms with Crippen LogP contribution in [0.1, 0.15) is 46.0 Å². The Hall–Kier alpha value is -0.840. The van der Waals surface area contributed by atoms with E-state index < -0.39 is 38.8 Å². The van der Waals surface area contributed by atoms with E-state index in [4.69, 9.17) is 4.55 Å². The van der Waals surface area contributed by atoms with E-state index in [0.717, 1.165) is 12.8 Å². The molecule has 0 saturated heterocycles. The van der Waals surface area contributed by atoms with Gasteiger partial charge in [-0.05, 0) is 48.9 Å². The van der Waals surface area contributed by atoms with E-state index in [2.05, 4.69) is 4.74 Å². The number of halogens is 2. The zero-order valence-electron chi connectivity index (χ0n) is 14.9. The van der Waals surface area contributed by atoms with Gasteiger partial charge in [-0.1, -0.05) is 13.8 Å². The van der Waals surface area contributed by atoms with Crippen molar-refractivity contribution in [1.82, 2.24) is 0 Å². The van der Waals surface area contributed by atoms with E-state index in [1.807, 2.05) is 6.92 Å². The predicted molar refractivity (Wildman–Crippen MR) is 86.8 cm³/mol. The molecule has 3 aliphatic rings. The Labute approximate surface area is 151 Å². The number of ether oxygens (including phenoxy) is 1. The van der Waals surface area contributed by atoms with Gasteiger partial charge < -0.3 is 14.9 Å². The maximum atomic E-state index is 13.4. The Kier molecular flexibility index (Phi) is 5.48. The molecule has 0 radical (unpaired) electrons. The number of alkyl halides is 2. The predicted octanol–water partition coefficient (Wildman–Crippen LogP) is 1.59. The lowest BCUT2D eigenvalue weighted by molar-refractivity contribution is -0.171. The third kappa shape index (κ3) is 4.02. The molecule has 0 aromatic rings. The quantitative estimate of drug-likeness (QED) is 0.457. The van der Waals surface area contributed by atoms with Gasteiger partial charge in [-0.15, -0.1) is 0 Å². The molecule has 3 fully saturated rings. The Morgan fingerprint density at radius 1 is 1.12 bits per heavy atom. The number of hydrogen-bond donors (Lipinski definition) is 3. The molecule has 3 rings (SSSR count). The van der Waals surface area contributed by atoms with Crippen molar-refractivity contribution in [2.24, 2.45) is 22.2 Å². The maximum Gasteiger partial charge on any atom is 0.465 e. The summed E-state index contributed by atoms with van der Waals surface area (Å²) in [6.07, 6.45) is 2.94. The fourth-order valence-corrected chi connectivity index (χ4v) is 5.33. The van der Waals surface area contributed by atoms with Crippen molar-refractivity contribution >= 4 is 16.1 Å². The van der Waals surface area contributed by atoms with Crippen LogP contribution in [0, 0.1) is 22.2 Å². The Bertz CT molecular complexity index is 656. The molecule has 3 aliphatic carbocycles. The minimum Gasteiger partial charge on any atom is -0.460 e. The van der Waals surface area contributed by atoms with E-state index in [1.165, 1.54) is 0 Å². The fraction of sp³-hybridized carbons (Fsp3) is 0.938. The summed E-state index contributed by atoms with van der Waals surface area (Å²) in [5.41, 5.74) is -1.72. The minimum atomic E-state index is -5.92. The van der Waals surface area contributed by atoms with Crippen molar-refractivity contribution in [3.05, 3.63) is 0 Å². The lowest BCUT2D eigenvalue weighted by Crippen LogP contribution is -2.51. The van der Waals surface area contributed by atoms with Gasteiger partial charge in [-0.25, -0.2) is 4.79 Å². The Morgan fingerprint density at radius 3 is 2.15 bits per heavy atom. The van der Waals surface area contributed by atoms with Crippen LogP contribution in [0.4, 0.5) is 8.78 Å². The zero-order chi connectivity index (χ0) is 20.0. The molecule has 0 aliphatic heterocycles. The average Bonchev–Trinajstić information content (AvgIpc) is 2.47. The second-order valence-corrected chi connectivity index (χ2v) is 10.3. The lowest BCUT2D eigenvalue weighted by Gasteiger charge is -2.57. The van der Waals surface area contributed by atoms with E-state index in [9.17, 15) is 32.2 Å². The Morgan fingerprint density at radius 2 is 1.69 bits per heavy atom. The molecular weight excluding hydrogens is 374 g/mol. The molecule has 2 atom stereocenters. The van der Waals surface area contributed by atoms with Crippen LogP contribution in [-0.2, 0) is 19.6 Å². The summed E-state index contributed by atoms with van der Waals surface area (Å²) in [4.78, 5) is 11.5. The highest BCUT2D eigenvalue weighted by molar-refractivity contribution is 7.87. The summed E-state index contributed by atoms with van der Waals surface area (Å²) < 4.78 is 61.2. The first kappa shape index (κ1) is 21.5. The van der Waals surface area contributed by atoms with Crippen LogP contribution in [0.3, 0.4) is 0 Å². The number of aliphatic hydroxyl groups is 2. The molecule has 0 aromatic heterocycles. The molecule has 2 bridgehead atoms. The van der Waals surface area contributed by atoms with Gasteiger partial charge in [0.15, 0.2) is 0 Å². The summed E-state index contributed by atoms with van der Waals surface area (Å²) in [5.74, 6) is -1.96. The second-order valence-electron chi connectivity index (χ2n) is 8.84. The second kappa shape index (κ2) is 6.65. The highest BCUT2D eigenvalue weighted by atomic mass is 32.2. The molecule has 3 N–H and O–H groups in total. The molecule has 0 heterocycles. The molecular formula is C16H26F2O7S. The molecule has 26 heavy (non-hydrogen) atoms. The molecule has 2 unspecified atom stereocenters. The molecule has 0 aromatic carbocycles. The summed E-state index contributed by atoms with van der Waals surface area (Å²) in [6, 6.07) is 0. The van der Waals surface area contributed by atoms with Crippen LogP contribution >= 0.6 is 0 Å². The van der Waals surface area contributed by atoms with Gasteiger partial charge in [0.1, 0.15) is 0 Å². The lowest BCUT2D eigenvalue weighted by atomic mass is 9.49. The SMILES string of the molecule is CC1(CO)CC2CC(CO)(C2)CC(C)(COC(=O)C(F)(F)S(=O)(=O)O)C1. The van der Waals surface area contributed by atoms with Gasteiger partial charge in [0.05, 0.1) is 6.61 Å².